The molecule has 0 aliphatic heterocycles. The third kappa shape index (κ3) is 6.40. The summed E-state index contributed by atoms with van der Waals surface area (Å²) in [7, 11) is 0. The van der Waals surface area contributed by atoms with Crippen LogP contribution in [0.25, 0.3) is 0 Å². The predicted molar refractivity (Wildman–Crippen MR) is 79.0 cm³/mol. The van der Waals surface area contributed by atoms with Crippen LogP contribution in [-0.2, 0) is 6.42 Å². The fourth-order valence-corrected chi connectivity index (χ4v) is 2.73. The number of rotatable bonds is 5. The average molecular weight is 287 g/mol. The molecule has 1 N–H and O–H groups in total. The van der Waals surface area contributed by atoms with Crippen molar-refractivity contribution in [1.82, 2.24) is 0 Å². The third-order valence-corrected chi connectivity index (χ3v) is 3.40. The van der Waals surface area contributed by atoms with E-state index in [0.29, 0.717) is 12.3 Å². The van der Waals surface area contributed by atoms with Gasteiger partial charge < -0.3 is 5.11 Å². The van der Waals surface area contributed by atoms with Gasteiger partial charge in [-0.05, 0) is 48.3 Å². The lowest BCUT2D eigenvalue weighted by molar-refractivity contribution is 0.133. The second kappa shape index (κ2) is 6.71. The van der Waals surface area contributed by atoms with E-state index in [9.17, 15) is 9.50 Å². The summed E-state index contributed by atoms with van der Waals surface area (Å²) in [4.78, 5) is 0. The Morgan fingerprint density at radius 2 is 1.95 bits per heavy atom. The molecule has 0 saturated carbocycles. The highest BCUT2D eigenvalue weighted by atomic mass is 35.5. The van der Waals surface area contributed by atoms with Crippen LogP contribution in [-0.4, -0.2) is 11.2 Å². The lowest BCUT2D eigenvalue weighted by Crippen LogP contribution is -2.18. The van der Waals surface area contributed by atoms with Crippen molar-refractivity contribution >= 4 is 11.6 Å². The van der Waals surface area contributed by atoms with Gasteiger partial charge in [0.1, 0.15) is 5.82 Å². The fourth-order valence-electron chi connectivity index (χ4n) is 2.62. The molecule has 2 atom stereocenters. The Bertz CT molecular complexity index is 412. The molecular weight excluding hydrogens is 263 g/mol. The number of aliphatic hydroxyl groups excluding tert-OH is 1. The second-order valence-corrected chi connectivity index (χ2v) is 7.12. The molecule has 3 heteroatoms. The van der Waals surface area contributed by atoms with Crippen LogP contribution < -0.4 is 0 Å². The third-order valence-electron chi connectivity index (χ3n) is 3.09. The van der Waals surface area contributed by atoms with Gasteiger partial charge in [0.15, 0.2) is 0 Å². The zero-order valence-electron chi connectivity index (χ0n) is 12.2. The zero-order chi connectivity index (χ0) is 14.6. The molecular formula is C16H24ClFO. The molecule has 0 radical (unpaired) electrons. The van der Waals surface area contributed by atoms with Crippen molar-refractivity contribution in [3.05, 3.63) is 34.6 Å². The molecule has 0 saturated heterocycles. The van der Waals surface area contributed by atoms with Crippen LogP contribution in [0.2, 0.25) is 5.02 Å². The summed E-state index contributed by atoms with van der Waals surface area (Å²) in [6, 6.07) is 4.71. The number of hydrogen-bond acceptors (Lipinski definition) is 1. The summed E-state index contributed by atoms with van der Waals surface area (Å²) < 4.78 is 13.3. The van der Waals surface area contributed by atoms with E-state index in [4.69, 9.17) is 11.6 Å². The molecule has 108 valence electrons. The minimum Gasteiger partial charge on any atom is -0.393 e. The van der Waals surface area contributed by atoms with Gasteiger partial charge in [0, 0.05) is 0 Å². The van der Waals surface area contributed by atoms with E-state index in [2.05, 4.69) is 27.7 Å². The highest BCUT2D eigenvalue weighted by Gasteiger charge is 2.18. The molecule has 2 unspecified atom stereocenters. The van der Waals surface area contributed by atoms with Gasteiger partial charge in [-0.15, -0.1) is 0 Å². The summed E-state index contributed by atoms with van der Waals surface area (Å²) in [6.45, 7) is 8.75. The monoisotopic (exact) mass is 286 g/mol. The van der Waals surface area contributed by atoms with E-state index in [-0.39, 0.29) is 10.4 Å². The Balaban J connectivity index is 2.50. The normalized spacial score (nSPS) is 15.3. The predicted octanol–water partition coefficient (Wildman–Crippen LogP) is 4.84. The zero-order valence-corrected chi connectivity index (χ0v) is 13.0. The molecule has 0 aliphatic rings. The standard InChI is InChI=1S/C16H24ClFO/c1-11(10-16(2,3)4)7-13(19)8-12-5-6-14(17)15(18)9-12/h5-6,9,11,13,19H,7-8,10H2,1-4H3. The number of benzene rings is 1. The van der Waals surface area contributed by atoms with Crippen LogP contribution in [0.3, 0.4) is 0 Å². The first-order valence-corrected chi connectivity index (χ1v) is 7.17. The minimum atomic E-state index is -0.432. The minimum absolute atomic E-state index is 0.124. The number of halogens is 2. The van der Waals surface area contributed by atoms with Crippen LogP contribution in [0, 0.1) is 17.2 Å². The van der Waals surface area contributed by atoms with Gasteiger partial charge in [0.25, 0.3) is 0 Å². The molecule has 0 aromatic heterocycles. The fraction of sp³-hybridized carbons (Fsp3) is 0.625. The first-order chi connectivity index (χ1) is 8.67. The smallest absolute Gasteiger partial charge is 0.142 e. The molecule has 0 amide bonds. The summed E-state index contributed by atoms with van der Waals surface area (Å²) in [5.41, 5.74) is 1.06. The van der Waals surface area contributed by atoms with Gasteiger partial charge in [-0.1, -0.05) is 45.4 Å². The highest BCUT2D eigenvalue weighted by molar-refractivity contribution is 6.30. The summed E-state index contributed by atoms with van der Waals surface area (Å²) in [5, 5.41) is 10.2. The first kappa shape index (κ1) is 16.5. The summed E-state index contributed by atoms with van der Waals surface area (Å²) in [6.07, 6.45) is 1.85. The topological polar surface area (TPSA) is 20.2 Å². The highest BCUT2D eigenvalue weighted by Crippen LogP contribution is 2.27. The molecule has 1 aromatic rings. The van der Waals surface area contributed by atoms with Gasteiger partial charge in [-0.25, -0.2) is 4.39 Å². The van der Waals surface area contributed by atoms with E-state index >= 15 is 0 Å². The second-order valence-electron chi connectivity index (χ2n) is 6.71. The molecule has 0 aliphatic carbocycles. The van der Waals surface area contributed by atoms with Gasteiger partial charge in [0.2, 0.25) is 0 Å². The van der Waals surface area contributed by atoms with Crippen LogP contribution in [0.1, 0.15) is 46.1 Å². The number of aliphatic hydroxyl groups is 1. The first-order valence-electron chi connectivity index (χ1n) is 6.79. The van der Waals surface area contributed by atoms with Crippen molar-refractivity contribution in [2.75, 3.05) is 0 Å². The molecule has 0 spiro atoms. The van der Waals surface area contributed by atoms with Crippen LogP contribution in [0.5, 0.6) is 0 Å². The van der Waals surface area contributed by atoms with Crippen molar-refractivity contribution in [1.29, 1.82) is 0 Å². The lowest BCUT2D eigenvalue weighted by Gasteiger charge is -2.25. The van der Waals surface area contributed by atoms with Crippen LogP contribution in [0.15, 0.2) is 18.2 Å². The summed E-state index contributed by atoms with van der Waals surface area (Å²) in [5.74, 6) is 0.0289. The quantitative estimate of drug-likeness (QED) is 0.821. The molecule has 19 heavy (non-hydrogen) atoms. The Morgan fingerprint density at radius 3 is 2.47 bits per heavy atom. The van der Waals surface area contributed by atoms with E-state index in [1.165, 1.54) is 12.1 Å². The molecule has 0 heterocycles. The van der Waals surface area contributed by atoms with E-state index in [0.717, 1.165) is 18.4 Å². The largest absolute Gasteiger partial charge is 0.393 e. The van der Waals surface area contributed by atoms with Crippen molar-refractivity contribution < 1.29 is 9.50 Å². The SMILES string of the molecule is CC(CC(O)Cc1ccc(Cl)c(F)c1)CC(C)(C)C. The van der Waals surface area contributed by atoms with Crippen LogP contribution in [0.4, 0.5) is 4.39 Å². The maximum Gasteiger partial charge on any atom is 0.142 e. The van der Waals surface area contributed by atoms with E-state index < -0.39 is 11.9 Å². The Morgan fingerprint density at radius 1 is 1.32 bits per heavy atom. The van der Waals surface area contributed by atoms with Gasteiger partial charge in [0.05, 0.1) is 11.1 Å². The average Bonchev–Trinajstić information content (AvgIpc) is 2.20. The van der Waals surface area contributed by atoms with Crippen molar-refractivity contribution in [2.45, 2.75) is 53.1 Å². The Hall–Kier alpha value is -0.600. The molecule has 1 nitrogen and oxygen atoms in total. The van der Waals surface area contributed by atoms with Crippen molar-refractivity contribution in [2.24, 2.45) is 11.3 Å². The van der Waals surface area contributed by atoms with Crippen molar-refractivity contribution in [3.8, 4) is 0 Å². The molecule has 0 fully saturated rings. The van der Waals surface area contributed by atoms with Gasteiger partial charge in [-0.3, -0.25) is 0 Å². The lowest BCUT2D eigenvalue weighted by atomic mass is 9.83. The Labute approximate surface area is 120 Å². The molecule has 0 bridgehead atoms. The molecule has 1 aromatic carbocycles. The Kier molecular flexibility index (Phi) is 5.82. The van der Waals surface area contributed by atoms with E-state index in [1.54, 1.807) is 6.07 Å². The van der Waals surface area contributed by atoms with E-state index in [1.807, 2.05) is 0 Å². The maximum atomic E-state index is 13.3. The maximum absolute atomic E-state index is 13.3. The summed E-state index contributed by atoms with van der Waals surface area (Å²) >= 11 is 5.64. The number of hydrogen-bond donors (Lipinski definition) is 1. The van der Waals surface area contributed by atoms with Gasteiger partial charge >= 0.3 is 0 Å². The molecule has 1 rings (SSSR count). The van der Waals surface area contributed by atoms with Gasteiger partial charge in [-0.2, -0.15) is 0 Å². The van der Waals surface area contributed by atoms with Crippen LogP contribution >= 0.6 is 11.6 Å². The van der Waals surface area contributed by atoms with Crippen molar-refractivity contribution in [3.63, 3.8) is 0 Å².